The first-order chi connectivity index (χ1) is 7.15. The van der Waals surface area contributed by atoms with Crippen LogP contribution in [0.2, 0.25) is 0 Å². The van der Waals surface area contributed by atoms with Crippen molar-refractivity contribution in [3.8, 4) is 0 Å². The molecule has 0 fully saturated rings. The van der Waals surface area contributed by atoms with Gasteiger partial charge in [-0.1, -0.05) is 6.07 Å². The number of urea groups is 1. The molecule has 0 aromatic carbocycles. The smallest absolute Gasteiger partial charge is 0.317 e. The van der Waals surface area contributed by atoms with E-state index in [2.05, 4.69) is 5.32 Å². The van der Waals surface area contributed by atoms with Crippen molar-refractivity contribution in [3.63, 3.8) is 0 Å². The van der Waals surface area contributed by atoms with E-state index in [-0.39, 0.29) is 6.03 Å². The van der Waals surface area contributed by atoms with Crippen LogP contribution >= 0.6 is 11.3 Å². The second-order valence-electron chi connectivity index (χ2n) is 3.15. The highest BCUT2D eigenvalue weighted by Crippen LogP contribution is 2.09. The van der Waals surface area contributed by atoms with Gasteiger partial charge in [-0.2, -0.15) is 0 Å². The zero-order chi connectivity index (χ0) is 11.3. The number of hydrogen-bond acceptors (Lipinski definition) is 3. The first-order valence-electron chi connectivity index (χ1n) is 4.75. The number of rotatable bonds is 4. The number of amides is 2. The summed E-state index contributed by atoms with van der Waals surface area (Å²) in [5, 5.41) is 12.4. The second-order valence-corrected chi connectivity index (χ2v) is 4.10. The minimum Gasteiger partial charge on any atom is -0.338 e. The van der Waals surface area contributed by atoms with Crippen molar-refractivity contribution in [1.82, 2.24) is 10.2 Å². The average molecular weight is 225 g/mol. The van der Waals surface area contributed by atoms with Crippen molar-refractivity contribution < 1.29 is 4.79 Å². The van der Waals surface area contributed by atoms with Crippen molar-refractivity contribution in [2.75, 3.05) is 20.1 Å². The molecular formula is C10H15N3OS. The Morgan fingerprint density at radius 2 is 2.40 bits per heavy atom. The Morgan fingerprint density at radius 1 is 1.67 bits per heavy atom. The van der Waals surface area contributed by atoms with E-state index in [1.54, 1.807) is 7.05 Å². The fourth-order valence-electron chi connectivity index (χ4n) is 1.12. The van der Waals surface area contributed by atoms with Crippen molar-refractivity contribution in [2.24, 2.45) is 0 Å². The highest BCUT2D eigenvalue weighted by molar-refractivity contribution is 7.12. The maximum absolute atomic E-state index is 11.4. The highest BCUT2D eigenvalue weighted by atomic mass is 32.1. The summed E-state index contributed by atoms with van der Waals surface area (Å²) in [6, 6.07) is 3.65. The van der Waals surface area contributed by atoms with Gasteiger partial charge in [0.2, 0.25) is 0 Å². The molecule has 2 N–H and O–H groups in total. The largest absolute Gasteiger partial charge is 0.338 e. The molecule has 0 aliphatic heterocycles. The molecule has 1 heterocycles. The van der Waals surface area contributed by atoms with Crippen molar-refractivity contribution in [3.05, 3.63) is 22.4 Å². The number of nitrogens with zero attached hydrogens (tertiary/aromatic N) is 1. The van der Waals surface area contributed by atoms with Crippen LogP contribution < -0.4 is 5.32 Å². The predicted octanol–water partition coefficient (Wildman–Crippen LogP) is 1.78. The summed E-state index contributed by atoms with van der Waals surface area (Å²) in [4.78, 5) is 13.8. The maximum Gasteiger partial charge on any atom is 0.317 e. The molecule has 0 atom stereocenters. The molecule has 0 saturated heterocycles. The monoisotopic (exact) mass is 225 g/mol. The Bertz CT molecular complexity index is 334. The Kier molecular flexibility index (Phi) is 4.30. The third-order valence-electron chi connectivity index (χ3n) is 1.89. The number of carbonyl (C=O) groups excluding carboxylic acids is 1. The second kappa shape index (κ2) is 5.50. The lowest BCUT2D eigenvalue weighted by Gasteiger charge is -2.17. The van der Waals surface area contributed by atoms with Crippen molar-refractivity contribution in [1.29, 1.82) is 5.41 Å². The number of carbonyl (C=O) groups is 1. The molecule has 1 aromatic heterocycles. The van der Waals surface area contributed by atoms with Crippen molar-refractivity contribution >= 4 is 23.1 Å². The molecule has 0 aliphatic carbocycles. The van der Waals surface area contributed by atoms with Crippen LogP contribution in [-0.2, 0) is 0 Å². The van der Waals surface area contributed by atoms with Gasteiger partial charge in [-0.3, -0.25) is 0 Å². The molecule has 0 spiro atoms. The standard InChI is InChI=1S/C10H15N3OS/c1-3-12-10(14)13(2)7-8(11)9-5-4-6-15-9/h4-6,11H,3,7H2,1-2H3,(H,12,14). The van der Waals surface area contributed by atoms with Crippen LogP contribution in [-0.4, -0.2) is 36.8 Å². The predicted molar refractivity (Wildman–Crippen MR) is 62.9 cm³/mol. The summed E-state index contributed by atoms with van der Waals surface area (Å²) >= 11 is 1.52. The van der Waals surface area contributed by atoms with E-state index in [0.717, 1.165) is 4.88 Å². The summed E-state index contributed by atoms with van der Waals surface area (Å²) < 4.78 is 0. The van der Waals surface area contributed by atoms with E-state index in [1.165, 1.54) is 16.2 Å². The lowest BCUT2D eigenvalue weighted by Crippen LogP contribution is -2.39. The summed E-state index contributed by atoms with van der Waals surface area (Å²) in [6.07, 6.45) is 0. The van der Waals surface area contributed by atoms with E-state index in [4.69, 9.17) is 5.41 Å². The minimum absolute atomic E-state index is 0.140. The third-order valence-corrected chi connectivity index (χ3v) is 2.82. The summed E-state index contributed by atoms with van der Waals surface area (Å²) in [5.74, 6) is 0. The van der Waals surface area contributed by atoms with E-state index < -0.39 is 0 Å². The third kappa shape index (κ3) is 3.36. The first kappa shape index (κ1) is 11.7. The first-order valence-corrected chi connectivity index (χ1v) is 5.63. The number of nitrogens with one attached hydrogen (secondary N) is 2. The van der Waals surface area contributed by atoms with Gasteiger partial charge in [0.25, 0.3) is 0 Å². The Hall–Kier alpha value is -1.36. The Labute approximate surface area is 93.4 Å². The molecular weight excluding hydrogens is 210 g/mol. The molecule has 2 amide bonds. The van der Waals surface area contributed by atoms with E-state index in [9.17, 15) is 4.79 Å². The van der Waals surface area contributed by atoms with Gasteiger partial charge < -0.3 is 15.6 Å². The number of likely N-dealkylation sites (N-methyl/N-ethyl adjacent to an activating group) is 1. The lowest BCUT2D eigenvalue weighted by molar-refractivity contribution is 0.215. The van der Waals surface area contributed by atoms with Gasteiger partial charge in [-0.05, 0) is 18.4 Å². The summed E-state index contributed by atoms with van der Waals surface area (Å²) in [5.41, 5.74) is 0.471. The fourth-order valence-corrected chi connectivity index (χ4v) is 1.79. The van der Waals surface area contributed by atoms with E-state index in [1.807, 2.05) is 24.4 Å². The quantitative estimate of drug-likeness (QED) is 0.754. The van der Waals surface area contributed by atoms with Crippen LogP contribution in [0, 0.1) is 5.41 Å². The zero-order valence-electron chi connectivity index (χ0n) is 8.91. The van der Waals surface area contributed by atoms with E-state index in [0.29, 0.717) is 18.8 Å². The van der Waals surface area contributed by atoms with Gasteiger partial charge in [0.05, 0.1) is 12.3 Å². The van der Waals surface area contributed by atoms with Crippen LogP contribution in [0.5, 0.6) is 0 Å². The SMILES string of the molecule is CCNC(=O)N(C)CC(=N)c1cccs1. The normalized spacial score (nSPS) is 9.73. The molecule has 5 heteroatoms. The number of thiophene rings is 1. The van der Waals surface area contributed by atoms with Crippen LogP contribution in [0.15, 0.2) is 17.5 Å². The molecule has 4 nitrogen and oxygen atoms in total. The molecule has 0 bridgehead atoms. The topological polar surface area (TPSA) is 56.2 Å². The molecule has 15 heavy (non-hydrogen) atoms. The van der Waals surface area contributed by atoms with Crippen molar-refractivity contribution in [2.45, 2.75) is 6.92 Å². The van der Waals surface area contributed by atoms with E-state index >= 15 is 0 Å². The highest BCUT2D eigenvalue weighted by Gasteiger charge is 2.10. The average Bonchev–Trinajstić information content (AvgIpc) is 2.70. The van der Waals surface area contributed by atoms with Gasteiger partial charge in [-0.15, -0.1) is 11.3 Å². The van der Waals surface area contributed by atoms with Gasteiger partial charge in [-0.25, -0.2) is 4.79 Å². The Morgan fingerprint density at radius 3 is 2.93 bits per heavy atom. The van der Waals surface area contributed by atoms with Crippen LogP contribution in [0.4, 0.5) is 4.79 Å². The molecule has 1 aromatic rings. The molecule has 0 radical (unpaired) electrons. The molecule has 1 rings (SSSR count). The Balaban J connectivity index is 2.48. The van der Waals surface area contributed by atoms with Crippen LogP contribution in [0.1, 0.15) is 11.8 Å². The van der Waals surface area contributed by atoms with Crippen LogP contribution in [0.3, 0.4) is 0 Å². The molecule has 0 unspecified atom stereocenters. The van der Waals surface area contributed by atoms with Gasteiger partial charge in [0.1, 0.15) is 0 Å². The van der Waals surface area contributed by atoms with Crippen LogP contribution in [0.25, 0.3) is 0 Å². The van der Waals surface area contributed by atoms with Gasteiger partial charge in [0, 0.05) is 18.5 Å². The lowest BCUT2D eigenvalue weighted by atomic mass is 10.3. The maximum atomic E-state index is 11.4. The fraction of sp³-hybridized carbons (Fsp3) is 0.400. The summed E-state index contributed by atoms with van der Waals surface area (Å²) in [7, 11) is 1.69. The number of hydrogen-bond donors (Lipinski definition) is 2. The zero-order valence-corrected chi connectivity index (χ0v) is 9.73. The minimum atomic E-state index is -0.140. The van der Waals surface area contributed by atoms with Gasteiger partial charge in [0.15, 0.2) is 0 Å². The summed E-state index contributed by atoms with van der Waals surface area (Å²) in [6.45, 7) is 2.82. The molecule has 0 saturated carbocycles. The molecule has 0 aliphatic rings. The molecule has 82 valence electrons. The van der Waals surface area contributed by atoms with Gasteiger partial charge >= 0.3 is 6.03 Å².